The molecular formula is C45H72O7S3. The molecular weight excluding hydrogens is 749 g/mol. The maximum absolute atomic E-state index is 11.4. The molecule has 2 N–H and O–H groups in total. The van der Waals surface area contributed by atoms with Crippen LogP contribution in [-0.4, -0.2) is 62.7 Å². The zero-order valence-corrected chi connectivity index (χ0v) is 38.1. The van der Waals surface area contributed by atoms with Crippen molar-refractivity contribution in [1.82, 2.24) is 0 Å². The molecule has 0 bridgehead atoms. The Kier molecular flexibility index (Phi) is 15.0. The fourth-order valence-electron chi connectivity index (χ4n) is 11.7. The number of aliphatic hydroxyl groups is 2. The molecule has 8 atom stereocenters. The van der Waals surface area contributed by atoms with Gasteiger partial charge in [-0.1, -0.05) is 66.5 Å². The number of hydrogen-bond donors (Lipinski definition) is 3. The van der Waals surface area contributed by atoms with E-state index >= 15 is 0 Å². The second kappa shape index (κ2) is 17.8. The topological polar surface area (TPSA) is 102 Å². The Morgan fingerprint density at radius 2 is 1.18 bits per heavy atom. The third-order valence-electron chi connectivity index (χ3n) is 14.5. The molecule has 0 radical (unpaired) electrons. The first-order valence-electron chi connectivity index (χ1n) is 20.3. The molecule has 0 heterocycles. The molecule has 2 aromatic rings. The highest BCUT2D eigenvalue weighted by atomic mass is 32.2. The van der Waals surface area contributed by atoms with Crippen molar-refractivity contribution in [1.29, 1.82) is 0 Å². The molecule has 0 aliphatic heterocycles. The Morgan fingerprint density at radius 1 is 0.709 bits per heavy atom. The van der Waals surface area contributed by atoms with Gasteiger partial charge in [-0.05, 0) is 135 Å². The van der Waals surface area contributed by atoms with Crippen LogP contribution < -0.4 is 9.47 Å². The molecule has 2 unspecified atom stereocenters. The standard InChI is InChI=1S/C22H34O2S.C16H30O4S.C7H8OS/c1-20(2)11-7-12-21(3)18(20)10-13-22(4,23)19(21)15-25-17-9-6-8-16(14-17)24-5;1-14(2)8-6-9-15(3)12(14)7-10-16(4,17)13(15)11-20-21(5,18)19;1-8-6-3-2-4-7(9)5-6/h6,8-9,14,18-19,23H,7,10-13,15H2,1-5H3;12-13,17H,6-11H2,1-5H3;2-5,9H,1H3/t18?,19-,21+,22-;12?,13-,15+,16-;/m11./s1. The maximum atomic E-state index is 11.4. The number of methoxy groups -OCH3 is 2. The summed E-state index contributed by atoms with van der Waals surface area (Å²) in [6.45, 7) is 18.2. The van der Waals surface area contributed by atoms with Gasteiger partial charge in [-0.3, -0.25) is 4.18 Å². The number of ether oxygens (including phenoxy) is 2. The van der Waals surface area contributed by atoms with Crippen molar-refractivity contribution in [2.45, 2.75) is 141 Å². The van der Waals surface area contributed by atoms with E-state index in [1.807, 2.05) is 49.0 Å². The summed E-state index contributed by atoms with van der Waals surface area (Å²) in [5, 5.41) is 22.1. The summed E-state index contributed by atoms with van der Waals surface area (Å²) in [6.07, 6.45) is 12.1. The van der Waals surface area contributed by atoms with Crippen LogP contribution in [0.3, 0.4) is 0 Å². The van der Waals surface area contributed by atoms with Gasteiger partial charge in [-0.2, -0.15) is 8.42 Å². The number of thiol groups is 1. The Hall–Kier alpha value is -1.43. The lowest BCUT2D eigenvalue weighted by atomic mass is 9.46. The van der Waals surface area contributed by atoms with Gasteiger partial charge < -0.3 is 19.7 Å². The van der Waals surface area contributed by atoms with Crippen molar-refractivity contribution in [3.05, 3.63) is 48.5 Å². The highest BCUT2D eigenvalue weighted by molar-refractivity contribution is 7.99. The summed E-state index contributed by atoms with van der Waals surface area (Å²) < 4.78 is 38.1. The minimum Gasteiger partial charge on any atom is -0.497 e. The molecule has 4 aliphatic rings. The fourth-order valence-corrected chi connectivity index (χ4v) is 13.7. The van der Waals surface area contributed by atoms with Crippen LogP contribution in [0, 0.1) is 45.3 Å². The van der Waals surface area contributed by atoms with E-state index in [2.05, 4.69) is 79.3 Å². The monoisotopic (exact) mass is 820 g/mol. The third kappa shape index (κ3) is 11.2. The molecule has 4 aliphatic carbocycles. The summed E-state index contributed by atoms with van der Waals surface area (Å²) in [5.41, 5.74) is -0.618. The van der Waals surface area contributed by atoms with E-state index < -0.39 is 21.3 Å². The maximum Gasteiger partial charge on any atom is 0.264 e. The smallest absolute Gasteiger partial charge is 0.264 e. The van der Waals surface area contributed by atoms with Crippen molar-refractivity contribution in [3.63, 3.8) is 0 Å². The number of benzene rings is 2. The fraction of sp³-hybridized carbons (Fsp3) is 0.733. The minimum absolute atomic E-state index is 0.0613. The number of thioether (sulfide) groups is 1. The lowest BCUT2D eigenvalue weighted by Crippen LogP contribution is -2.59. The molecule has 2 aromatic carbocycles. The van der Waals surface area contributed by atoms with Crippen LogP contribution >= 0.6 is 24.4 Å². The molecule has 0 spiro atoms. The molecule has 312 valence electrons. The van der Waals surface area contributed by atoms with Gasteiger partial charge >= 0.3 is 0 Å². The predicted molar refractivity (Wildman–Crippen MR) is 230 cm³/mol. The first-order valence-corrected chi connectivity index (χ1v) is 23.5. The number of hydrogen-bond acceptors (Lipinski definition) is 9. The molecule has 0 saturated heterocycles. The normalized spacial score (nSPS) is 35.0. The van der Waals surface area contributed by atoms with E-state index in [1.165, 1.54) is 30.6 Å². The summed E-state index contributed by atoms with van der Waals surface area (Å²) in [5.74, 6) is 4.14. The summed E-state index contributed by atoms with van der Waals surface area (Å²) in [6, 6.07) is 15.9. The molecule has 55 heavy (non-hydrogen) atoms. The van der Waals surface area contributed by atoms with Gasteiger partial charge in [0, 0.05) is 27.4 Å². The molecule has 6 rings (SSSR count). The van der Waals surface area contributed by atoms with Gasteiger partial charge in [0.2, 0.25) is 0 Å². The second-order valence-corrected chi connectivity index (χ2v) is 22.6. The average molecular weight is 821 g/mol. The van der Waals surface area contributed by atoms with E-state index in [-0.39, 0.29) is 28.8 Å². The van der Waals surface area contributed by atoms with Crippen LogP contribution in [0.5, 0.6) is 11.5 Å². The molecule has 0 amide bonds. The van der Waals surface area contributed by atoms with Crippen molar-refractivity contribution < 1.29 is 32.3 Å². The van der Waals surface area contributed by atoms with E-state index in [4.69, 9.17) is 13.7 Å². The van der Waals surface area contributed by atoms with Crippen LogP contribution in [0.4, 0.5) is 0 Å². The van der Waals surface area contributed by atoms with Gasteiger partial charge in [-0.15, -0.1) is 24.4 Å². The predicted octanol–water partition coefficient (Wildman–Crippen LogP) is 10.7. The van der Waals surface area contributed by atoms with Crippen LogP contribution in [0.25, 0.3) is 0 Å². The van der Waals surface area contributed by atoms with Crippen LogP contribution in [0.15, 0.2) is 58.3 Å². The van der Waals surface area contributed by atoms with Crippen molar-refractivity contribution in [2.24, 2.45) is 45.3 Å². The molecule has 4 fully saturated rings. The van der Waals surface area contributed by atoms with Gasteiger partial charge in [0.1, 0.15) is 11.5 Å². The summed E-state index contributed by atoms with van der Waals surface area (Å²) in [4.78, 5) is 2.16. The first kappa shape index (κ1) is 46.3. The van der Waals surface area contributed by atoms with E-state index in [0.717, 1.165) is 60.5 Å². The summed E-state index contributed by atoms with van der Waals surface area (Å²) >= 11 is 6.00. The second-order valence-electron chi connectivity index (χ2n) is 19.4. The zero-order chi connectivity index (χ0) is 41.1. The number of rotatable bonds is 8. The lowest BCUT2D eigenvalue weighted by molar-refractivity contribution is -0.175. The first-order chi connectivity index (χ1) is 25.4. The lowest BCUT2D eigenvalue weighted by Gasteiger charge is -2.61. The minimum atomic E-state index is -3.48. The SMILES string of the molecule is CC1(C)CCC[C@@]2(C)C1CC[C@@](C)(O)[C@@H]2COS(C)(=O)=O.COc1cccc(S)c1.COc1cccc(SC[C@@H]2[C@@]3(C)CCCC(C)(C)C3CC[C@@]2(C)O)c1. The Balaban J connectivity index is 0.000000202. The van der Waals surface area contributed by atoms with E-state index in [9.17, 15) is 18.6 Å². The zero-order valence-electron chi connectivity index (χ0n) is 35.6. The highest BCUT2D eigenvalue weighted by Crippen LogP contribution is 2.63. The quantitative estimate of drug-likeness (QED) is 0.137. The Morgan fingerprint density at radius 3 is 1.65 bits per heavy atom. The van der Waals surface area contributed by atoms with E-state index in [0.29, 0.717) is 29.6 Å². The molecule has 0 aromatic heterocycles. The Labute approximate surface area is 344 Å². The van der Waals surface area contributed by atoms with Gasteiger partial charge in [0.15, 0.2) is 0 Å². The molecule has 4 saturated carbocycles. The van der Waals surface area contributed by atoms with E-state index in [1.54, 1.807) is 14.2 Å². The van der Waals surface area contributed by atoms with Gasteiger partial charge in [0.05, 0.1) is 38.3 Å². The van der Waals surface area contributed by atoms with Crippen LogP contribution in [0.2, 0.25) is 0 Å². The number of fused-ring (bicyclic) bond motifs is 2. The van der Waals surface area contributed by atoms with Crippen molar-refractivity contribution in [2.75, 3.05) is 32.8 Å². The summed E-state index contributed by atoms with van der Waals surface area (Å²) in [7, 11) is -0.123. The van der Waals surface area contributed by atoms with Crippen molar-refractivity contribution in [3.8, 4) is 11.5 Å². The third-order valence-corrected chi connectivity index (χ3v) is 16.4. The average Bonchev–Trinajstić information content (AvgIpc) is 3.06. The van der Waals surface area contributed by atoms with Gasteiger partial charge in [0.25, 0.3) is 10.1 Å². The van der Waals surface area contributed by atoms with Crippen LogP contribution in [-0.2, 0) is 14.3 Å². The molecule has 10 heteroatoms. The van der Waals surface area contributed by atoms with Crippen molar-refractivity contribution >= 4 is 34.5 Å². The van der Waals surface area contributed by atoms with Gasteiger partial charge in [-0.25, -0.2) is 0 Å². The van der Waals surface area contributed by atoms with Crippen LogP contribution in [0.1, 0.15) is 120 Å². The Bertz CT molecular complexity index is 1670. The molecule has 7 nitrogen and oxygen atoms in total. The highest BCUT2D eigenvalue weighted by Gasteiger charge is 2.59. The largest absolute Gasteiger partial charge is 0.497 e.